The van der Waals surface area contributed by atoms with Gasteiger partial charge in [-0.15, -0.1) is 11.3 Å². The zero-order valence-corrected chi connectivity index (χ0v) is 12.8. The molecule has 0 radical (unpaired) electrons. The second-order valence-electron chi connectivity index (χ2n) is 4.73. The number of thiophene rings is 1. The molecule has 2 rings (SSSR count). The Morgan fingerprint density at radius 2 is 2.11 bits per heavy atom. The standard InChI is InChI=1S/C14H21N3OS/c1-5-7-15-14-16-12(18-9(3)4)11-8-10(6-2)19-13(11)17-14/h8-9H,5-7H2,1-4H3,(H,15,16,17). The highest BCUT2D eigenvalue weighted by Gasteiger charge is 2.13. The quantitative estimate of drug-likeness (QED) is 0.872. The molecular weight excluding hydrogens is 258 g/mol. The van der Waals surface area contributed by atoms with Crippen LogP contribution in [-0.2, 0) is 6.42 Å². The molecule has 4 nitrogen and oxygen atoms in total. The van der Waals surface area contributed by atoms with Crippen molar-refractivity contribution in [3.63, 3.8) is 0 Å². The van der Waals surface area contributed by atoms with Crippen LogP contribution in [0.5, 0.6) is 5.88 Å². The summed E-state index contributed by atoms with van der Waals surface area (Å²) in [6.07, 6.45) is 2.17. The summed E-state index contributed by atoms with van der Waals surface area (Å²) in [7, 11) is 0. The van der Waals surface area contributed by atoms with E-state index in [0.717, 1.165) is 29.6 Å². The molecule has 5 heteroatoms. The van der Waals surface area contributed by atoms with Crippen LogP contribution in [0.15, 0.2) is 6.07 Å². The lowest BCUT2D eigenvalue weighted by Crippen LogP contribution is -2.10. The summed E-state index contributed by atoms with van der Waals surface area (Å²) >= 11 is 1.72. The first-order valence-corrected chi connectivity index (χ1v) is 7.66. The first-order chi connectivity index (χ1) is 9.13. The normalized spacial score (nSPS) is 11.2. The van der Waals surface area contributed by atoms with Crippen LogP contribution in [0.3, 0.4) is 0 Å². The summed E-state index contributed by atoms with van der Waals surface area (Å²) in [5.41, 5.74) is 0. The minimum Gasteiger partial charge on any atom is -0.474 e. The number of aromatic nitrogens is 2. The predicted molar refractivity (Wildman–Crippen MR) is 81.3 cm³/mol. The lowest BCUT2D eigenvalue weighted by atomic mass is 10.3. The molecule has 0 aliphatic heterocycles. The molecule has 0 bridgehead atoms. The van der Waals surface area contributed by atoms with E-state index in [-0.39, 0.29) is 6.10 Å². The third-order valence-electron chi connectivity index (χ3n) is 2.64. The minimum atomic E-state index is 0.113. The van der Waals surface area contributed by atoms with Crippen molar-refractivity contribution in [1.29, 1.82) is 0 Å². The second-order valence-corrected chi connectivity index (χ2v) is 5.85. The summed E-state index contributed by atoms with van der Waals surface area (Å²) in [5, 5.41) is 4.26. The van der Waals surface area contributed by atoms with Crippen LogP contribution in [-0.4, -0.2) is 22.6 Å². The molecule has 0 aliphatic rings. The maximum absolute atomic E-state index is 5.82. The molecule has 19 heavy (non-hydrogen) atoms. The van der Waals surface area contributed by atoms with E-state index in [4.69, 9.17) is 4.74 Å². The number of rotatable bonds is 6. The minimum absolute atomic E-state index is 0.113. The third-order valence-corrected chi connectivity index (χ3v) is 3.81. The number of ether oxygens (including phenoxy) is 1. The molecule has 0 fully saturated rings. The van der Waals surface area contributed by atoms with Crippen LogP contribution in [0.1, 0.15) is 39.0 Å². The summed E-state index contributed by atoms with van der Waals surface area (Å²) < 4.78 is 5.82. The Bertz CT molecular complexity index is 551. The van der Waals surface area contributed by atoms with Crippen LogP contribution in [0.2, 0.25) is 0 Å². The number of aryl methyl sites for hydroxylation is 1. The fraction of sp³-hybridized carbons (Fsp3) is 0.571. The molecular formula is C14H21N3OS. The number of nitrogens with one attached hydrogen (secondary N) is 1. The van der Waals surface area contributed by atoms with Crippen LogP contribution < -0.4 is 10.1 Å². The predicted octanol–water partition coefficient (Wildman–Crippen LogP) is 3.86. The van der Waals surface area contributed by atoms with Crippen LogP contribution >= 0.6 is 11.3 Å². The average molecular weight is 279 g/mol. The number of nitrogens with zero attached hydrogens (tertiary/aromatic N) is 2. The molecule has 104 valence electrons. The molecule has 2 aromatic rings. The topological polar surface area (TPSA) is 47.0 Å². The van der Waals surface area contributed by atoms with Crippen molar-refractivity contribution < 1.29 is 4.74 Å². The molecule has 0 spiro atoms. The van der Waals surface area contributed by atoms with Gasteiger partial charge in [-0.3, -0.25) is 0 Å². The lowest BCUT2D eigenvalue weighted by molar-refractivity contribution is 0.236. The number of hydrogen-bond acceptors (Lipinski definition) is 5. The number of anilines is 1. The highest BCUT2D eigenvalue weighted by molar-refractivity contribution is 7.18. The van der Waals surface area contributed by atoms with Crippen molar-refractivity contribution in [2.24, 2.45) is 0 Å². The van der Waals surface area contributed by atoms with Crippen LogP contribution in [0, 0.1) is 0 Å². The van der Waals surface area contributed by atoms with E-state index in [0.29, 0.717) is 11.8 Å². The van der Waals surface area contributed by atoms with Crippen LogP contribution in [0.4, 0.5) is 5.95 Å². The number of hydrogen-bond donors (Lipinski definition) is 1. The molecule has 0 aliphatic carbocycles. The molecule has 0 saturated carbocycles. The summed E-state index contributed by atoms with van der Waals surface area (Å²) in [5.74, 6) is 1.35. The van der Waals surface area contributed by atoms with E-state index in [1.807, 2.05) is 13.8 Å². The Hall–Kier alpha value is -1.36. The van der Waals surface area contributed by atoms with Crippen molar-refractivity contribution in [3.05, 3.63) is 10.9 Å². The fourth-order valence-electron chi connectivity index (χ4n) is 1.75. The van der Waals surface area contributed by atoms with Gasteiger partial charge < -0.3 is 10.1 Å². The van der Waals surface area contributed by atoms with Crippen LogP contribution in [0.25, 0.3) is 10.2 Å². The zero-order chi connectivity index (χ0) is 13.8. The van der Waals surface area contributed by atoms with Gasteiger partial charge in [0.05, 0.1) is 11.5 Å². The fourth-order valence-corrected chi connectivity index (χ4v) is 2.71. The molecule has 0 saturated heterocycles. The van der Waals surface area contributed by atoms with Crippen molar-refractivity contribution in [2.75, 3.05) is 11.9 Å². The van der Waals surface area contributed by atoms with Gasteiger partial charge in [-0.2, -0.15) is 4.98 Å². The summed E-state index contributed by atoms with van der Waals surface area (Å²) in [6, 6.07) is 2.14. The van der Waals surface area contributed by atoms with Gasteiger partial charge in [0.25, 0.3) is 0 Å². The third kappa shape index (κ3) is 3.35. The van der Waals surface area contributed by atoms with Gasteiger partial charge in [0.1, 0.15) is 4.83 Å². The smallest absolute Gasteiger partial charge is 0.227 e. The molecule has 2 aromatic heterocycles. The SMILES string of the molecule is CCCNc1nc(OC(C)C)c2cc(CC)sc2n1. The van der Waals surface area contributed by atoms with Gasteiger partial charge >= 0.3 is 0 Å². The molecule has 0 unspecified atom stereocenters. The molecule has 0 aromatic carbocycles. The van der Waals surface area contributed by atoms with E-state index in [1.165, 1.54) is 4.88 Å². The Morgan fingerprint density at radius 1 is 1.32 bits per heavy atom. The van der Waals surface area contributed by atoms with Gasteiger partial charge in [-0.1, -0.05) is 13.8 Å². The first-order valence-electron chi connectivity index (χ1n) is 6.85. The van der Waals surface area contributed by atoms with Crippen molar-refractivity contribution in [1.82, 2.24) is 9.97 Å². The van der Waals surface area contributed by atoms with E-state index >= 15 is 0 Å². The Morgan fingerprint density at radius 3 is 2.74 bits per heavy atom. The Balaban J connectivity index is 2.43. The van der Waals surface area contributed by atoms with Gasteiger partial charge in [0.2, 0.25) is 11.8 Å². The van der Waals surface area contributed by atoms with E-state index in [1.54, 1.807) is 11.3 Å². The largest absolute Gasteiger partial charge is 0.474 e. The Kier molecular flexibility index (Phi) is 4.58. The van der Waals surface area contributed by atoms with Crippen molar-refractivity contribution in [3.8, 4) is 5.88 Å². The molecule has 2 heterocycles. The van der Waals surface area contributed by atoms with Crippen molar-refractivity contribution in [2.45, 2.75) is 46.6 Å². The van der Waals surface area contributed by atoms with E-state index in [9.17, 15) is 0 Å². The average Bonchev–Trinajstić information content (AvgIpc) is 2.79. The summed E-state index contributed by atoms with van der Waals surface area (Å²) in [4.78, 5) is 11.4. The van der Waals surface area contributed by atoms with Gasteiger partial charge in [-0.05, 0) is 32.8 Å². The van der Waals surface area contributed by atoms with E-state index < -0.39 is 0 Å². The maximum Gasteiger partial charge on any atom is 0.227 e. The highest BCUT2D eigenvalue weighted by Crippen LogP contribution is 2.32. The highest BCUT2D eigenvalue weighted by atomic mass is 32.1. The second kappa shape index (κ2) is 6.19. The maximum atomic E-state index is 5.82. The Labute approximate surface area is 118 Å². The van der Waals surface area contributed by atoms with Gasteiger partial charge in [0, 0.05) is 11.4 Å². The first kappa shape index (κ1) is 14.1. The van der Waals surface area contributed by atoms with Gasteiger partial charge in [0.15, 0.2) is 0 Å². The summed E-state index contributed by atoms with van der Waals surface area (Å²) in [6.45, 7) is 9.17. The van der Waals surface area contributed by atoms with Gasteiger partial charge in [-0.25, -0.2) is 4.98 Å². The van der Waals surface area contributed by atoms with E-state index in [2.05, 4.69) is 35.2 Å². The number of fused-ring (bicyclic) bond motifs is 1. The lowest BCUT2D eigenvalue weighted by Gasteiger charge is -2.11. The zero-order valence-electron chi connectivity index (χ0n) is 12.0. The molecule has 0 amide bonds. The molecule has 0 atom stereocenters. The van der Waals surface area contributed by atoms with Crippen molar-refractivity contribution >= 4 is 27.5 Å². The monoisotopic (exact) mass is 279 g/mol. The molecule has 1 N–H and O–H groups in total.